The molecule has 1 fully saturated rings. The summed E-state index contributed by atoms with van der Waals surface area (Å²) in [6, 6.07) is 11.4. The highest BCUT2D eigenvalue weighted by atomic mass is 15.1. The molecule has 2 heteroatoms. The van der Waals surface area contributed by atoms with Crippen molar-refractivity contribution < 1.29 is 0 Å². The van der Waals surface area contributed by atoms with Crippen LogP contribution >= 0.6 is 0 Å². The predicted octanol–water partition coefficient (Wildman–Crippen LogP) is 2.58. The van der Waals surface area contributed by atoms with Crippen molar-refractivity contribution in [2.45, 2.75) is 18.9 Å². The molecule has 1 aromatic carbocycles. The first-order valence-corrected chi connectivity index (χ1v) is 5.64. The van der Waals surface area contributed by atoms with E-state index in [1.54, 1.807) is 0 Å². The van der Waals surface area contributed by atoms with Gasteiger partial charge in [0.15, 0.2) is 0 Å². The summed E-state index contributed by atoms with van der Waals surface area (Å²) in [4.78, 5) is 0. The molecule has 0 bridgehead atoms. The van der Waals surface area contributed by atoms with Crippen molar-refractivity contribution in [1.29, 1.82) is 0 Å². The van der Waals surface area contributed by atoms with Gasteiger partial charge >= 0.3 is 0 Å². The molecule has 2 nitrogen and oxygen atoms in total. The largest absolute Gasteiger partial charge is 0.343 e. The van der Waals surface area contributed by atoms with Crippen LogP contribution in [-0.2, 0) is 0 Å². The topological polar surface area (TPSA) is 19.0 Å². The number of para-hydroxylation sites is 1. The standard InChI is InChI=1S/C13H15N2/c1-2-6-13-11(4-1)7-9-15(13)12-5-3-8-14-10-12/h1-2,4,6-7,9,12H,3,5,8,10H2. The monoisotopic (exact) mass is 199 g/mol. The number of nitrogens with zero attached hydrogens (tertiary/aromatic N) is 2. The van der Waals surface area contributed by atoms with E-state index in [4.69, 9.17) is 0 Å². The van der Waals surface area contributed by atoms with Crippen LogP contribution in [0, 0.1) is 0 Å². The Morgan fingerprint density at radius 2 is 2.13 bits per heavy atom. The second-order valence-electron chi connectivity index (χ2n) is 4.21. The maximum absolute atomic E-state index is 4.50. The van der Waals surface area contributed by atoms with Gasteiger partial charge in [0.2, 0.25) is 0 Å². The Balaban J connectivity index is 2.02. The lowest BCUT2D eigenvalue weighted by Gasteiger charge is -2.24. The Kier molecular flexibility index (Phi) is 2.22. The van der Waals surface area contributed by atoms with Gasteiger partial charge in [-0.15, -0.1) is 0 Å². The van der Waals surface area contributed by atoms with Crippen LogP contribution in [-0.4, -0.2) is 17.7 Å². The second-order valence-corrected chi connectivity index (χ2v) is 4.21. The van der Waals surface area contributed by atoms with E-state index in [2.05, 4.69) is 46.4 Å². The van der Waals surface area contributed by atoms with E-state index in [-0.39, 0.29) is 0 Å². The molecule has 1 radical (unpaired) electrons. The molecule has 0 aliphatic carbocycles. The molecular formula is C13H15N2. The summed E-state index contributed by atoms with van der Waals surface area (Å²) in [5.74, 6) is 0. The van der Waals surface area contributed by atoms with Crippen molar-refractivity contribution in [3.05, 3.63) is 36.5 Å². The zero-order chi connectivity index (χ0) is 10.1. The van der Waals surface area contributed by atoms with Gasteiger partial charge in [0.05, 0.1) is 0 Å². The molecule has 0 amide bonds. The average Bonchev–Trinajstić information content (AvgIpc) is 2.74. The third-order valence-corrected chi connectivity index (χ3v) is 3.22. The van der Waals surface area contributed by atoms with Gasteiger partial charge in [-0.1, -0.05) is 18.2 Å². The molecule has 0 saturated carbocycles. The van der Waals surface area contributed by atoms with Crippen molar-refractivity contribution in [1.82, 2.24) is 9.88 Å². The number of piperidine rings is 1. The minimum Gasteiger partial charge on any atom is -0.343 e. The first-order valence-electron chi connectivity index (χ1n) is 5.64. The fourth-order valence-electron chi connectivity index (χ4n) is 2.42. The first kappa shape index (κ1) is 8.98. The lowest BCUT2D eigenvalue weighted by molar-refractivity contribution is 0.374. The van der Waals surface area contributed by atoms with Gasteiger partial charge in [-0.2, -0.15) is 0 Å². The highest BCUT2D eigenvalue weighted by molar-refractivity contribution is 5.80. The molecule has 2 aromatic rings. The van der Waals surface area contributed by atoms with Crippen LogP contribution in [0.15, 0.2) is 36.5 Å². The maximum atomic E-state index is 4.50. The summed E-state index contributed by atoms with van der Waals surface area (Å²) in [5, 5.41) is 5.84. The van der Waals surface area contributed by atoms with Crippen molar-refractivity contribution in [3.8, 4) is 0 Å². The molecule has 1 aromatic heterocycles. The average molecular weight is 199 g/mol. The van der Waals surface area contributed by atoms with Crippen LogP contribution in [0.25, 0.3) is 10.9 Å². The molecule has 0 N–H and O–H groups in total. The SMILES string of the molecule is c1ccc2c(c1)ccn2C1CCC[N]C1. The van der Waals surface area contributed by atoms with Crippen molar-refractivity contribution in [2.75, 3.05) is 13.1 Å². The molecule has 1 atom stereocenters. The summed E-state index contributed by atoms with van der Waals surface area (Å²) in [6.45, 7) is 2.04. The van der Waals surface area contributed by atoms with Gasteiger partial charge in [-0.05, 0) is 30.4 Å². The van der Waals surface area contributed by atoms with Gasteiger partial charge in [-0.25, -0.2) is 5.32 Å². The van der Waals surface area contributed by atoms with E-state index >= 15 is 0 Å². The van der Waals surface area contributed by atoms with Crippen molar-refractivity contribution in [3.63, 3.8) is 0 Å². The lowest BCUT2D eigenvalue weighted by atomic mass is 10.1. The van der Waals surface area contributed by atoms with Crippen molar-refractivity contribution in [2.24, 2.45) is 0 Å². The fourth-order valence-corrected chi connectivity index (χ4v) is 2.42. The number of fused-ring (bicyclic) bond motifs is 1. The highest BCUT2D eigenvalue weighted by Crippen LogP contribution is 2.24. The smallest absolute Gasteiger partial charge is 0.0483 e. The van der Waals surface area contributed by atoms with E-state index in [0.717, 1.165) is 13.1 Å². The van der Waals surface area contributed by atoms with E-state index in [1.165, 1.54) is 23.7 Å². The number of rotatable bonds is 1. The van der Waals surface area contributed by atoms with Gasteiger partial charge in [0, 0.05) is 30.8 Å². The zero-order valence-corrected chi connectivity index (χ0v) is 8.76. The molecule has 1 saturated heterocycles. The molecule has 1 aliphatic heterocycles. The van der Waals surface area contributed by atoms with Gasteiger partial charge in [0.25, 0.3) is 0 Å². The molecule has 15 heavy (non-hydrogen) atoms. The fraction of sp³-hybridized carbons (Fsp3) is 0.385. The van der Waals surface area contributed by atoms with Crippen LogP contribution < -0.4 is 5.32 Å². The Hall–Kier alpha value is -1.28. The van der Waals surface area contributed by atoms with Crippen LogP contribution in [0.2, 0.25) is 0 Å². The van der Waals surface area contributed by atoms with E-state index in [0.29, 0.717) is 6.04 Å². The molecule has 2 heterocycles. The Labute approximate surface area is 89.9 Å². The summed E-state index contributed by atoms with van der Waals surface area (Å²) < 4.78 is 2.39. The third-order valence-electron chi connectivity index (χ3n) is 3.22. The molecule has 3 rings (SSSR count). The molecule has 1 aliphatic rings. The number of hydrogen-bond donors (Lipinski definition) is 0. The summed E-state index contributed by atoms with van der Waals surface area (Å²) in [7, 11) is 0. The summed E-state index contributed by atoms with van der Waals surface area (Å²) in [6.07, 6.45) is 4.70. The number of aromatic nitrogens is 1. The molecule has 77 valence electrons. The van der Waals surface area contributed by atoms with Crippen LogP contribution in [0.1, 0.15) is 18.9 Å². The molecular weight excluding hydrogens is 184 g/mol. The van der Waals surface area contributed by atoms with E-state index in [9.17, 15) is 0 Å². The van der Waals surface area contributed by atoms with Gasteiger partial charge in [0.1, 0.15) is 0 Å². The quantitative estimate of drug-likeness (QED) is 0.672. The first-order chi connectivity index (χ1) is 7.45. The Morgan fingerprint density at radius 1 is 1.20 bits per heavy atom. The van der Waals surface area contributed by atoms with Crippen molar-refractivity contribution >= 4 is 10.9 Å². The Morgan fingerprint density at radius 3 is 3.00 bits per heavy atom. The van der Waals surface area contributed by atoms with Crippen LogP contribution in [0.5, 0.6) is 0 Å². The highest BCUT2D eigenvalue weighted by Gasteiger charge is 2.16. The third kappa shape index (κ3) is 1.55. The minimum atomic E-state index is 0.582. The summed E-state index contributed by atoms with van der Waals surface area (Å²) >= 11 is 0. The number of hydrogen-bond acceptors (Lipinski definition) is 0. The molecule has 0 spiro atoms. The summed E-state index contributed by atoms with van der Waals surface area (Å²) in [5.41, 5.74) is 1.35. The molecule has 1 unspecified atom stereocenters. The second kappa shape index (κ2) is 3.70. The van der Waals surface area contributed by atoms with E-state index in [1.807, 2.05) is 0 Å². The lowest BCUT2D eigenvalue weighted by Crippen LogP contribution is -2.26. The minimum absolute atomic E-state index is 0.582. The van der Waals surface area contributed by atoms with E-state index < -0.39 is 0 Å². The Bertz CT molecular complexity index is 452. The van der Waals surface area contributed by atoms with Crippen LogP contribution in [0.3, 0.4) is 0 Å². The number of benzene rings is 1. The van der Waals surface area contributed by atoms with Gasteiger partial charge in [-0.3, -0.25) is 0 Å². The normalized spacial score (nSPS) is 22.0. The van der Waals surface area contributed by atoms with Gasteiger partial charge < -0.3 is 4.57 Å². The zero-order valence-electron chi connectivity index (χ0n) is 8.76. The van der Waals surface area contributed by atoms with Crippen LogP contribution in [0.4, 0.5) is 0 Å². The maximum Gasteiger partial charge on any atom is 0.0483 e. The predicted molar refractivity (Wildman–Crippen MR) is 62.1 cm³/mol.